The molecule has 1 aromatic carbocycles. The Balaban J connectivity index is 1.80. The Bertz CT molecular complexity index is 620. The summed E-state index contributed by atoms with van der Waals surface area (Å²) in [4.78, 5) is 11.4. The second kappa shape index (κ2) is 7.90. The predicted molar refractivity (Wildman–Crippen MR) is 88.7 cm³/mol. The molecule has 0 atom stereocenters. The molecule has 7 heteroatoms. The maximum Gasteiger partial charge on any atom is 0.337 e. The van der Waals surface area contributed by atoms with Crippen LogP contribution in [-0.2, 0) is 21.3 Å². The average molecular weight is 340 g/mol. The molecular formula is C16H24N2O4S. The molecule has 2 rings (SSSR count). The number of hydrogen-bond donors (Lipinski definition) is 1. The minimum Gasteiger partial charge on any atom is -0.465 e. The van der Waals surface area contributed by atoms with Crippen LogP contribution in [0, 0.1) is 0 Å². The number of benzene rings is 1. The molecule has 1 saturated heterocycles. The van der Waals surface area contributed by atoms with Crippen LogP contribution in [0.2, 0.25) is 0 Å². The summed E-state index contributed by atoms with van der Waals surface area (Å²) in [6.45, 7) is 3.54. The van der Waals surface area contributed by atoms with Gasteiger partial charge in [-0.25, -0.2) is 17.5 Å². The van der Waals surface area contributed by atoms with E-state index in [1.807, 2.05) is 12.1 Å². The molecule has 0 amide bonds. The van der Waals surface area contributed by atoms with Crippen LogP contribution in [0.25, 0.3) is 0 Å². The van der Waals surface area contributed by atoms with Crippen molar-refractivity contribution in [1.29, 1.82) is 0 Å². The highest BCUT2D eigenvalue weighted by Gasteiger charge is 2.26. The van der Waals surface area contributed by atoms with E-state index in [0.717, 1.165) is 18.4 Å². The zero-order valence-corrected chi connectivity index (χ0v) is 14.4. The zero-order valence-electron chi connectivity index (χ0n) is 13.6. The SMILES string of the molecule is CCS(=O)(=O)N1CCC(NCc2ccc(C(=O)OC)cc2)CC1. The van der Waals surface area contributed by atoms with E-state index in [4.69, 9.17) is 0 Å². The number of piperidine rings is 1. The number of nitrogens with one attached hydrogen (secondary N) is 1. The van der Waals surface area contributed by atoms with Crippen molar-refractivity contribution < 1.29 is 17.9 Å². The van der Waals surface area contributed by atoms with E-state index in [2.05, 4.69) is 10.1 Å². The largest absolute Gasteiger partial charge is 0.465 e. The Morgan fingerprint density at radius 2 is 1.87 bits per heavy atom. The zero-order chi connectivity index (χ0) is 16.9. The van der Waals surface area contributed by atoms with Gasteiger partial charge in [-0.3, -0.25) is 0 Å². The highest BCUT2D eigenvalue weighted by molar-refractivity contribution is 7.89. The van der Waals surface area contributed by atoms with Crippen molar-refractivity contribution in [3.63, 3.8) is 0 Å². The first kappa shape index (κ1) is 17.9. The Morgan fingerprint density at radius 3 is 2.39 bits per heavy atom. The Kier molecular flexibility index (Phi) is 6.15. The number of esters is 1. The molecule has 1 aliphatic heterocycles. The van der Waals surface area contributed by atoms with Crippen molar-refractivity contribution in [3.05, 3.63) is 35.4 Å². The molecule has 0 spiro atoms. The van der Waals surface area contributed by atoms with Crippen LogP contribution in [0.4, 0.5) is 0 Å². The maximum atomic E-state index is 11.8. The van der Waals surface area contributed by atoms with Gasteiger partial charge in [-0.15, -0.1) is 0 Å². The highest BCUT2D eigenvalue weighted by Crippen LogP contribution is 2.15. The first-order chi connectivity index (χ1) is 11.0. The lowest BCUT2D eigenvalue weighted by Gasteiger charge is -2.31. The number of rotatable bonds is 6. The summed E-state index contributed by atoms with van der Waals surface area (Å²) in [6.07, 6.45) is 1.64. The molecule has 0 unspecified atom stereocenters. The Labute approximate surface area is 137 Å². The second-order valence-corrected chi connectivity index (χ2v) is 7.90. The van der Waals surface area contributed by atoms with Gasteiger partial charge in [0.1, 0.15) is 0 Å². The van der Waals surface area contributed by atoms with Gasteiger partial charge in [-0.2, -0.15) is 0 Å². The first-order valence-corrected chi connectivity index (χ1v) is 9.45. The topological polar surface area (TPSA) is 75.7 Å². The van der Waals surface area contributed by atoms with E-state index in [-0.39, 0.29) is 11.7 Å². The molecule has 1 heterocycles. The minimum absolute atomic E-state index is 0.164. The van der Waals surface area contributed by atoms with Crippen molar-refractivity contribution in [2.24, 2.45) is 0 Å². The van der Waals surface area contributed by atoms with E-state index in [9.17, 15) is 13.2 Å². The number of carbonyl (C=O) groups excluding carboxylic acids is 1. The molecule has 1 fully saturated rings. The van der Waals surface area contributed by atoms with E-state index >= 15 is 0 Å². The molecule has 0 radical (unpaired) electrons. The lowest BCUT2D eigenvalue weighted by atomic mass is 10.1. The highest BCUT2D eigenvalue weighted by atomic mass is 32.2. The Morgan fingerprint density at radius 1 is 1.26 bits per heavy atom. The fraction of sp³-hybridized carbons (Fsp3) is 0.562. The number of ether oxygens (including phenoxy) is 1. The first-order valence-electron chi connectivity index (χ1n) is 7.84. The molecule has 0 aliphatic carbocycles. The van der Waals surface area contributed by atoms with Gasteiger partial charge in [-0.1, -0.05) is 12.1 Å². The summed E-state index contributed by atoms with van der Waals surface area (Å²) in [5.41, 5.74) is 1.62. The number of carbonyl (C=O) groups is 1. The van der Waals surface area contributed by atoms with Gasteiger partial charge in [0.25, 0.3) is 0 Å². The smallest absolute Gasteiger partial charge is 0.337 e. The van der Waals surface area contributed by atoms with Crippen LogP contribution in [0.3, 0.4) is 0 Å². The summed E-state index contributed by atoms with van der Waals surface area (Å²) in [5.74, 6) is -0.175. The van der Waals surface area contributed by atoms with Gasteiger partial charge >= 0.3 is 5.97 Å². The van der Waals surface area contributed by atoms with Crippen molar-refractivity contribution in [2.75, 3.05) is 26.0 Å². The van der Waals surface area contributed by atoms with Crippen LogP contribution in [0.1, 0.15) is 35.7 Å². The molecule has 1 N–H and O–H groups in total. The summed E-state index contributed by atoms with van der Waals surface area (Å²) in [6, 6.07) is 7.61. The van der Waals surface area contributed by atoms with Gasteiger partial charge < -0.3 is 10.1 Å². The summed E-state index contributed by atoms with van der Waals surface area (Å²) in [5, 5.41) is 3.45. The lowest BCUT2D eigenvalue weighted by Crippen LogP contribution is -2.45. The second-order valence-electron chi connectivity index (χ2n) is 5.64. The van der Waals surface area contributed by atoms with Crippen molar-refractivity contribution in [1.82, 2.24) is 9.62 Å². The third kappa shape index (κ3) is 4.76. The lowest BCUT2D eigenvalue weighted by molar-refractivity contribution is 0.0600. The molecule has 23 heavy (non-hydrogen) atoms. The van der Waals surface area contributed by atoms with E-state index in [1.54, 1.807) is 23.4 Å². The molecule has 0 aromatic heterocycles. The van der Waals surface area contributed by atoms with Crippen LogP contribution in [0.5, 0.6) is 0 Å². The standard InChI is InChI=1S/C16H24N2O4S/c1-3-23(20,21)18-10-8-15(9-11-18)17-12-13-4-6-14(7-5-13)16(19)22-2/h4-7,15,17H,3,8-12H2,1-2H3. The van der Waals surface area contributed by atoms with Crippen LogP contribution >= 0.6 is 0 Å². The molecule has 0 bridgehead atoms. The van der Waals surface area contributed by atoms with Gasteiger partial charge in [-0.05, 0) is 37.5 Å². The summed E-state index contributed by atoms with van der Waals surface area (Å²) in [7, 11) is -1.70. The van der Waals surface area contributed by atoms with E-state index < -0.39 is 10.0 Å². The van der Waals surface area contributed by atoms with Gasteiger partial charge in [0.2, 0.25) is 10.0 Å². The van der Waals surface area contributed by atoms with Crippen LogP contribution < -0.4 is 5.32 Å². The van der Waals surface area contributed by atoms with Crippen LogP contribution in [0.15, 0.2) is 24.3 Å². The Hall–Kier alpha value is -1.44. The monoisotopic (exact) mass is 340 g/mol. The van der Waals surface area contributed by atoms with Gasteiger partial charge in [0.05, 0.1) is 18.4 Å². The minimum atomic E-state index is -3.07. The molecule has 1 aliphatic rings. The van der Waals surface area contributed by atoms with Gasteiger partial charge in [0.15, 0.2) is 0 Å². The number of sulfonamides is 1. The van der Waals surface area contributed by atoms with Crippen LogP contribution in [-0.4, -0.2) is 50.7 Å². The molecular weight excluding hydrogens is 316 g/mol. The predicted octanol–water partition coefficient (Wildman–Crippen LogP) is 1.38. The number of hydrogen-bond acceptors (Lipinski definition) is 5. The third-order valence-electron chi connectivity index (χ3n) is 4.18. The maximum absolute atomic E-state index is 11.8. The molecule has 6 nitrogen and oxygen atoms in total. The normalized spacial score (nSPS) is 17.1. The number of methoxy groups -OCH3 is 1. The van der Waals surface area contributed by atoms with Gasteiger partial charge in [0, 0.05) is 25.7 Å². The molecule has 1 aromatic rings. The quantitative estimate of drug-likeness (QED) is 0.792. The molecule has 128 valence electrons. The van der Waals surface area contributed by atoms with E-state index in [1.165, 1.54) is 7.11 Å². The fourth-order valence-corrected chi connectivity index (χ4v) is 3.79. The average Bonchev–Trinajstić information content (AvgIpc) is 2.60. The fourth-order valence-electron chi connectivity index (χ4n) is 2.66. The van der Waals surface area contributed by atoms with Crippen molar-refractivity contribution >= 4 is 16.0 Å². The number of nitrogens with zero attached hydrogens (tertiary/aromatic N) is 1. The summed E-state index contributed by atoms with van der Waals surface area (Å²) < 4.78 is 29.9. The van der Waals surface area contributed by atoms with Crippen molar-refractivity contribution in [3.8, 4) is 0 Å². The third-order valence-corrected chi connectivity index (χ3v) is 6.06. The van der Waals surface area contributed by atoms with Crippen molar-refractivity contribution in [2.45, 2.75) is 32.4 Å². The summed E-state index contributed by atoms with van der Waals surface area (Å²) >= 11 is 0. The van der Waals surface area contributed by atoms with E-state index in [0.29, 0.717) is 31.2 Å². The molecule has 0 saturated carbocycles.